The summed E-state index contributed by atoms with van der Waals surface area (Å²) in [6.45, 7) is 2.83. The van der Waals surface area contributed by atoms with Crippen LogP contribution in [-0.4, -0.2) is 37.6 Å². The molecule has 4 heterocycles. The van der Waals surface area contributed by atoms with Gasteiger partial charge >= 0.3 is 0 Å². The van der Waals surface area contributed by atoms with Crippen LogP contribution in [0.5, 0.6) is 0 Å². The van der Waals surface area contributed by atoms with E-state index < -0.39 is 0 Å². The summed E-state index contributed by atoms with van der Waals surface area (Å²) in [6.07, 6.45) is 5.66. The normalized spacial score (nSPS) is 16.6. The number of aryl methyl sites for hydroxylation is 1. The van der Waals surface area contributed by atoms with Gasteiger partial charge in [-0.05, 0) is 25.3 Å². The van der Waals surface area contributed by atoms with Crippen LogP contribution in [0.1, 0.15) is 53.0 Å². The number of nitrogens with one attached hydrogen (secondary N) is 1. The fraction of sp³-hybridized carbons (Fsp3) is 0.412. The van der Waals surface area contributed by atoms with E-state index in [1.165, 1.54) is 11.3 Å². The molecule has 9 nitrogen and oxygen atoms in total. The van der Waals surface area contributed by atoms with Crippen molar-refractivity contribution < 1.29 is 14.1 Å². The molecule has 1 atom stereocenters. The summed E-state index contributed by atoms with van der Waals surface area (Å²) in [5.41, 5.74) is 0.716. The zero-order valence-electron chi connectivity index (χ0n) is 14.7. The summed E-state index contributed by atoms with van der Waals surface area (Å²) in [5, 5.41) is 7.36. The van der Waals surface area contributed by atoms with Gasteiger partial charge in [0, 0.05) is 19.0 Å². The number of aromatic nitrogens is 5. The summed E-state index contributed by atoms with van der Waals surface area (Å²) >= 11 is 1.27. The van der Waals surface area contributed by atoms with Crippen molar-refractivity contribution in [2.24, 2.45) is 0 Å². The van der Waals surface area contributed by atoms with Gasteiger partial charge in [-0.2, -0.15) is 4.98 Å². The number of thiazole rings is 1. The Morgan fingerprint density at radius 2 is 2.19 bits per heavy atom. The number of nitrogens with zero attached hydrogens (tertiary/aromatic N) is 5. The topological polar surface area (TPSA) is 116 Å². The van der Waals surface area contributed by atoms with E-state index in [0.717, 1.165) is 12.8 Å². The lowest BCUT2D eigenvalue weighted by atomic mass is 10.2. The highest BCUT2D eigenvalue weighted by Gasteiger charge is 2.24. The molecule has 1 aliphatic heterocycles. The van der Waals surface area contributed by atoms with Crippen LogP contribution >= 0.6 is 11.3 Å². The maximum Gasteiger partial charge on any atom is 0.263 e. The Balaban J connectivity index is 1.44. The van der Waals surface area contributed by atoms with Crippen LogP contribution < -0.4 is 5.32 Å². The number of amides is 1. The first kappa shape index (κ1) is 17.7. The van der Waals surface area contributed by atoms with Gasteiger partial charge in [-0.1, -0.05) is 12.1 Å². The van der Waals surface area contributed by atoms with Crippen molar-refractivity contribution >= 4 is 17.2 Å². The second-order valence-corrected chi connectivity index (χ2v) is 6.95. The monoisotopic (exact) mass is 386 g/mol. The van der Waals surface area contributed by atoms with Crippen LogP contribution in [0, 0.1) is 0 Å². The van der Waals surface area contributed by atoms with E-state index in [9.17, 15) is 4.79 Å². The van der Waals surface area contributed by atoms with E-state index in [4.69, 9.17) is 9.26 Å². The maximum absolute atomic E-state index is 12.6. The number of rotatable bonds is 6. The standard InChI is InChI=1S/C17H18N6O3S/c1-2-10-13(27-17(21-10)14-18-6-4-7-19-14)15(24)20-9-12-22-16(26-23-12)11-5-3-8-25-11/h4,6-7,11H,2-3,5,8-9H2,1H3,(H,20,24). The van der Waals surface area contributed by atoms with E-state index in [0.29, 0.717) is 46.1 Å². The summed E-state index contributed by atoms with van der Waals surface area (Å²) in [4.78, 5) is 30.3. The molecule has 0 aliphatic carbocycles. The first-order valence-electron chi connectivity index (χ1n) is 8.74. The Bertz CT molecular complexity index is 920. The second kappa shape index (κ2) is 7.89. The molecule has 1 amide bonds. The number of hydrogen-bond donors (Lipinski definition) is 1. The molecule has 0 aromatic carbocycles. The predicted octanol–water partition coefficient (Wildman–Crippen LogP) is 2.33. The minimum absolute atomic E-state index is 0.136. The van der Waals surface area contributed by atoms with Gasteiger partial charge in [0.2, 0.25) is 0 Å². The van der Waals surface area contributed by atoms with Gasteiger partial charge in [0.05, 0.1) is 12.2 Å². The number of carbonyl (C=O) groups excluding carboxylic acids is 1. The molecule has 0 saturated carbocycles. The first-order valence-corrected chi connectivity index (χ1v) is 9.55. The minimum Gasteiger partial charge on any atom is -0.368 e. The molecule has 3 aromatic rings. The molecule has 1 N–H and O–H groups in total. The van der Waals surface area contributed by atoms with Gasteiger partial charge in [-0.25, -0.2) is 15.0 Å². The summed E-state index contributed by atoms with van der Waals surface area (Å²) in [7, 11) is 0. The zero-order chi connectivity index (χ0) is 18.6. The molecule has 1 unspecified atom stereocenters. The third-order valence-corrected chi connectivity index (χ3v) is 5.18. The van der Waals surface area contributed by atoms with Crippen LogP contribution in [0.2, 0.25) is 0 Å². The highest BCUT2D eigenvalue weighted by Crippen LogP contribution is 2.27. The van der Waals surface area contributed by atoms with E-state index in [1.807, 2.05) is 6.92 Å². The smallest absolute Gasteiger partial charge is 0.263 e. The number of carbonyl (C=O) groups is 1. The minimum atomic E-state index is -0.227. The van der Waals surface area contributed by atoms with Gasteiger partial charge in [-0.15, -0.1) is 11.3 Å². The molecular formula is C17H18N6O3S. The molecule has 27 heavy (non-hydrogen) atoms. The van der Waals surface area contributed by atoms with Crippen LogP contribution in [0.4, 0.5) is 0 Å². The van der Waals surface area contributed by atoms with Crippen molar-refractivity contribution in [1.29, 1.82) is 0 Å². The van der Waals surface area contributed by atoms with Crippen LogP contribution in [0.15, 0.2) is 23.0 Å². The van der Waals surface area contributed by atoms with Crippen molar-refractivity contribution in [3.05, 3.63) is 40.7 Å². The molecule has 0 bridgehead atoms. The predicted molar refractivity (Wildman–Crippen MR) is 95.9 cm³/mol. The molecule has 140 valence electrons. The SMILES string of the molecule is CCc1nc(-c2ncccn2)sc1C(=O)NCc1noc(C2CCCO2)n1. The molecule has 0 radical (unpaired) electrons. The summed E-state index contributed by atoms with van der Waals surface area (Å²) in [6, 6.07) is 1.74. The van der Waals surface area contributed by atoms with Gasteiger partial charge in [0.1, 0.15) is 11.0 Å². The fourth-order valence-corrected chi connectivity index (χ4v) is 3.77. The van der Waals surface area contributed by atoms with E-state index >= 15 is 0 Å². The van der Waals surface area contributed by atoms with Crippen LogP contribution in [0.3, 0.4) is 0 Å². The Morgan fingerprint density at radius 3 is 2.93 bits per heavy atom. The maximum atomic E-state index is 12.6. The molecule has 4 rings (SSSR count). The number of hydrogen-bond acceptors (Lipinski definition) is 9. The highest BCUT2D eigenvalue weighted by atomic mass is 32.1. The third-order valence-electron chi connectivity index (χ3n) is 4.09. The van der Waals surface area contributed by atoms with E-state index in [2.05, 4.69) is 30.4 Å². The zero-order valence-corrected chi connectivity index (χ0v) is 15.5. The average Bonchev–Trinajstić information content (AvgIpc) is 3.46. The fourth-order valence-electron chi connectivity index (χ4n) is 2.76. The van der Waals surface area contributed by atoms with Crippen LogP contribution in [0.25, 0.3) is 10.8 Å². The molecule has 3 aromatic heterocycles. The molecular weight excluding hydrogens is 368 g/mol. The Labute approximate surface area is 159 Å². The highest BCUT2D eigenvalue weighted by molar-refractivity contribution is 7.17. The van der Waals surface area contributed by atoms with Gasteiger partial charge in [-0.3, -0.25) is 4.79 Å². The molecule has 1 aliphatic rings. The lowest BCUT2D eigenvalue weighted by Gasteiger charge is -2.02. The lowest BCUT2D eigenvalue weighted by molar-refractivity contribution is 0.0835. The number of ether oxygens (including phenoxy) is 1. The van der Waals surface area contributed by atoms with Gasteiger partial charge in [0.25, 0.3) is 11.8 Å². The molecule has 1 fully saturated rings. The van der Waals surface area contributed by atoms with Gasteiger partial charge < -0.3 is 14.6 Å². The third kappa shape index (κ3) is 3.86. The Morgan fingerprint density at radius 1 is 1.33 bits per heavy atom. The van der Waals surface area contributed by atoms with Crippen molar-refractivity contribution in [3.8, 4) is 10.8 Å². The van der Waals surface area contributed by atoms with Crippen molar-refractivity contribution in [1.82, 2.24) is 30.4 Å². The van der Waals surface area contributed by atoms with E-state index in [-0.39, 0.29) is 18.6 Å². The quantitative estimate of drug-likeness (QED) is 0.686. The molecule has 0 spiro atoms. The van der Waals surface area contributed by atoms with E-state index in [1.54, 1.807) is 18.5 Å². The average molecular weight is 386 g/mol. The summed E-state index contributed by atoms with van der Waals surface area (Å²) in [5.74, 6) is 1.17. The Hall–Kier alpha value is -2.72. The summed E-state index contributed by atoms with van der Waals surface area (Å²) < 4.78 is 10.8. The second-order valence-electron chi connectivity index (χ2n) is 5.95. The Kier molecular flexibility index (Phi) is 5.16. The van der Waals surface area contributed by atoms with Crippen molar-refractivity contribution in [2.75, 3.05) is 6.61 Å². The van der Waals surface area contributed by atoms with Crippen LogP contribution in [-0.2, 0) is 17.7 Å². The van der Waals surface area contributed by atoms with Crippen molar-refractivity contribution in [3.63, 3.8) is 0 Å². The molecule has 10 heteroatoms. The first-order chi connectivity index (χ1) is 13.2. The van der Waals surface area contributed by atoms with Crippen molar-refractivity contribution in [2.45, 2.75) is 38.8 Å². The largest absolute Gasteiger partial charge is 0.368 e. The molecule has 1 saturated heterocycles. The van der Waals surface area contributed by atoms with Gasteiger partial charge in [0.15, 0.2) is 16.7 Å². The lowest BCUT2D eigenvalue weighted by Crippen LogP contribution is -2.23.